The summed E-state index contributed by atoms with van der Waals surface area (Å²) in [6.45, 7) is 4.56. The van der Waals surface area contributed by atoms with E-state index in [0.717, 1.165) is 4.88 Å². The van der Waals surface area contributed by atoms with E-state index in [9.17, 15) is 14.4 Å². The first kappa shape index (κ1) is 24.1. The topological polar surface area (TPSA) is 88.6 Å². The summed E-state index contributed by atoms with van der Waals surface area (Å²) >= 11 is 1.53. The highest BCUT2D eigenvalue weighted by Gasteiger charge is 2.18. The normalized spacial score (nSPS) is 10.7. The van der Waals surface area contributed by atoms with Gasteiger partial charge in [-0.2, -0.15) is 0 Å². The van der Waals surface area contributed by atoms with E-state index in [2.05, 4.69) is 10.3 Å². The first-order chi connectivity index (χ1) is 17.0. The number of nitrogens with one attached hydrogen (secondary N) is 1. The second-order valence-electron chi connectivity index (χ2n) is 7.73. The molecule has 7 nitrogen and oxygen atoms in total. The van der Waals surface area contributed by atoms with Crippen molar-refractivity contribution >= 4 is 45.7 Å². The number of carbonyl (C=O) groups excluding carboxylic acids is 3. The molecule has 8 heteroatoms. The number of benzene rings is 2. The van der Waals surface area contributed by atoms with Crippen LogP contribution in [-0.2, 0) is 9.53 Å². The van der Waals surface area contributed by atoms with Crippen LogP contribution in [0.1, 0.15) is 34.6 Å². The molecule has 2 aromatic heterocycles. The fourth-order valence-corrected chi connectivity index (χ4v) is 4.41. The van der Waals surface area contributed by atoms with E-state index in [0.29, 0.717) is 46.5 Å². The molecule has 0 saturated heterocycles. The molecule has 0 radical (unpaired) electrons. The Morgan fingerprint density at radius 3 is 2.51 bits per heavy atom. The van der Waals surface area contributed by atoms with Crippen LogP contribution in [0.25, 0.3) is 21.5 Å². The van der Waals surface area contributed by atoms with Crippen molar-refractivity contribution in [3.8, 4) is 10.6 Å². The number of nitrogens with zero attached hydrogens (tertiary/aromatic N) is 2. The van der Waals surface area contributed by atoms with Crippen molar-refractivity contribution in [2.75, 3.05) is 25.0 Å². The number of hydrogen-bond acceptors (Lipinski definition) is 6. The number of carbonyl (C=O) groups is 3. The van der Waals surface area contributed by atoms with Crippen LogP contribution in [-0.4, -0.2) is 47.4 Å². The molecule has 35 heavy (non-hydrogen) atoms. The van der Waals surface area contributed by atoms with E-state index in [1.165, 1.54) is 11.3 Å². The number of esters is 1. The summed E-state index contributed by atoms with van der Waals surface area (Å²) in [6.07, 6.45) is 0. The molecule has 0 saturated carbocycles. The number of rotatable bonds is 8. The summed E-state index contributed by atoms with van der Waals surface area (Å²) in [6, 6.07) is 19.6. The smallest absolute Gasteiger partial charge is 0.339 e. The van der Waals surface area contributed by atoms with Gasteiger partial charge in [0.25, 0.3) is 11.8 Å². The first-order valence-electron chi connectivity index (χ1n) is 11.3. The quantitative estimate of drug-likeness (QED) is 0.343. The lowest BCUT2D eigenvalue weighted by atomic mass is 10.1. The second kappa shape index (κ2) is 10.9. The van der Waals surface area contributed by atoms with Crippen molar-refractivity contribution in [3.63, 3.8) is 0 Å². The summed E-state index contributed by atoms with van der Waals surface area (Å²) < 4.78 is 5.34. The highest BCUT2D eigenvalue weighted by atomic mass is 32.1. The van der Waals surface area contributed by atoms with Gasteiger partial charge in [0.15, 0.2) is 6.61 Å². The lowest BCUT2D eigenvalue weighted by Gasteiger charge is -2.19. The van der Waals surface area contributed by atoms with Crippen LogP contribution in [0.4, 0.5) is 5.69 Å². The number of hydrogen-bond donors (Lipinski definition) is 1. The standard InChI is InChI=1S/C27H25N3O4S/c1-3-30(4-2)26(32)18-9-7-10-19(15-18)28-25(31)17-34-27(33)21-16-23(24-13-8-14-35-24)29-22-12-6-5-11-20(21)22/h5-16H,3-4,17H2,1-2H3,(H,28,31). The molecule has 0 atom stereocenters. The fraction of sp³-hybridized carbons (Fsp3) is 0.185. The first-order valence-corrected chi connectivity index (χ1v) is 12.2. The van der Waals surface area contributed by atoms with Gasteiger partial charge in [0, 0.05) is 29.7 Å². The lowest BCUT2D eigenvalue weighted by Crippen LogP contribution is -2.30. The third-order valence-electron chi connectivity index (χ3n) is 5.49. The Bertz CT molecular complexity index is 1360. The number of pyridine rings is 1. The SMILES string of the molecule is CCN(CC)C(=O)c1cccc(NC(=O)COC(=O)c2cc(-c3cccs3)nc3ccccc23)c1. The predicted molar refractivity (Wildman–Crippen MR) is 138 cm³/mol. The van der Waals surface area contributed by atoms with Gasteiger partial charge >= 0.3 is 5.97 Å². The minimum Gasteiger partial charge on any atom is -0.452 e. The van der Waals surface area contributed by atoms with Crippen LogP contribution in [0.15, 0.2) is 72.1 Å². The Hall–Kier alpha value is -4.04. The minimum absolute atomic E-state index is 0.108. The predicted octanol–water partition coefficient (Wildman–Crippen LogP) is 5.24. The van der Waals surface area contributed by atoms with Crippen LogP contribution in [0.3, 0.4) is 0 Å². The zero-order chi connectivity index (χ0) is 24.8. The summed E-state index contributed by atoms with van der Waals surface area (Å²) in [4.78, 5) is 45.3. The van der Waals surface area contributed by atoms with Crippen LogP contribution < -0.4 is 5.32 Å². The fourth-order valence-electron chi connectivity index (χ4n) is 3.72. The van der Waals surface area contributed by atoms with Crippen LogP contribution in [0, 0.1) is 0 Å². The number of anilines is 1. The van der Waals surface area contributed by atoms with E-state index in [1.54, 1.807) is 41.3 Å². The van der Waals surface area contributed by atoms with Gasteiger partial charge in [0.1, 0.15) is 0 Å². The second-order valence-corrected chi connectivity index (χ2v) is 8.68. The number of thiophene rings is 1. The van der Waals surface area contributed by atoms with E-state index < -0.39 is 18.5 Å². The number of fused-ring (bicyclic) bond motifs is 1. The van der Waals surface area contributed by atoms with E-state index in [1.807, 2.05) is 49.6 Å². The molecule has 0 aliphatic heterocycles. The van der Waals surface area contributed by atoms with Gasteiger partial charge in [-0.1, -0.05) is 30.3 Å². The average Bonchev–Trinajstić information content (AvgIpc) is 3.42. The molecule has 2 amide bonds. The van der Waals surface area contributed by atoms with E-state index >= 15 is 0 Å². The molecule has 4 rings (SSSR count). The monoisotopic (exact) mass is 487 g/mol. The summed E-state index contributed by atoms with van der Waals surface area (Å²) in [5.41, 5.74) is 2.62. The molecule has 0 aliphatic rings. The number of para-hydroxylation sites is 1. The molecule has 0 bridgehead atoms. The van der Waals surface area contributed by atoms with Crippen LogP contribution >= 0.6 is 11.3 Å². The Morgan fingerprint density at radius 1 is 0.971 bits per heavy atom. The van der Waals surface area contributed by atoms with Gasteiger partial charge in [-0.05, 0) is 55.6 Å². The third kappa shape index (κ3) is 5.55. The Morgan fingerprint density at radius 2 is 1.77 bits per heavy atom. The van der Waals surface area contributed by atoms with E-state index in [4.69, 9.17) is 4.74 Å². The van der Waals surface area contributed by atoms with Gasteiger partial charge in [-0.25, -0.2) is 9.78 Å². The van der Waals surface area contributed by atoms with Crippen molar-refractivity contribution in [2.24, 2.45) is 0 Å². The maximum absolute atomic E-state index is 12.9. The molecule has 2 aromatic carbocycles. The van der Waals surface area contributed by atoms with Crippen molar-refractivity contribution in [1.29, 1.82) is 0 Å². The van der Waals surface area contributed by atoms with Crippen molar-refractivity contribution in [2.45, 2.75) is 13.8 Å². The Kier molecular flexibility index (Phi) is 7.52. The van der Waals surface area contributed by atoms with Crippen molar-refractivity contribution in [1.82, 2.24) is 9.88 Å². The molecule has 0 aliphatic carbocycles. The Balaban J connectivity index is 1.46. The molecule has 178 valence electrons. The summed E-state index contributed by atoms with van der Waals surface area (Å²) in [5.74, 6) is -1.21. The molecule has 1 N–H and O–H groups in total. The Labute approximate surface area is 207 Å². The maximum Gasteiger partial charge on any atom is 0.339 e. The summed E-state index contributed by atoms with van der Waals surface area (Å²) in [5, 5.41) is 5.29. The van der Waals surface area contributed by atoms with Crippen LogP contribution in [0.2, 0.25) is 0 Å². The zero-order valence-electron chi connectivity index (χ0n) is 19.5. The van der Waals surface area contributed by atoms with Crippen LogP contribution in [0.5, 0.6) is 0 Å². The van der Waals surface area contributed by atoms with Gasteiger partial charge in [0.05, 0.1) is 21.7 Å². The summed E-state index contributed by atoms with van der Waals surface area (Å²) in [7, 11) is 0. The molecular weight excluding hydrogens is 462 g/mol. The maximum atomic E-state index is 12.9. The van der Waals surface area contributed by atoms with Gasteiger partial charge < -0.3 is 15.0 Å². The molecule has 0 unspecified atom stereocenters. The van der Waals surface area contributed by atoms with Gasteiger partial charge in [0.2, 0.25) is 0 Å². The number of ether oxygens (including phenoxy) is 1. The molecule has 2 heterocycles. The van der Waals surface area contributed by atoms with Crippen molar-refractivity contribution in [3.05, 3.63) is 83.2 Å². The number of amides is 2. The molecular formula is C27H25N3O4S. The average molecular weight is 488 g/mol. The molecule has 0 spiro atoms. The lowest BCUT2D eigenvalue weighted by molar-refractivity contribution is -0.119. The number of aromatic nitrogens is 1. The molecule has 4 aromatic rings. The third-order valence-corrected chi connectivity index (χ3v) is 6.38. The highest BCUT2D eigenvalue weighted by molar-refractivity contribution is 7.13. The van der Waals surface area contributed by atoms with Gasteiger partial charge in [-0.15, -0.1) is 11.3 Å². The molecule has 0 fully saturated rings. The highest BCUT2D eigenvalue weighted by Crippen LogP contribution is 2.28. The van der Waals surface area contributed by atoms with E-state index in [-0.39, 0.29) is 5.91 Å². The minimum atomic E-state index is -0.609. The largest absolute Gasteiger partial charge is 0.452 e. The zero-order valence-corrected chi connectivity index (χ0v) is 20.3. The van der Waals surface area contributed by atoms with Gasteiger partial charge in [-0.3, -0.25) is 9.59 Å². The van der Waals surface area contributed by atoms with Crippen molar-refractivity contribution < 1.29 is 19.1 Å².